The summed E-state index contributed by atoms with van der Waals surface area (Å²) >= 11 is 0. The molecule has 0 aromatic heterocycles. The molecule has 0 aromatic carbocycles. The summed E-state index contributed by atoms with van der Waals surface area (Å²) in [5.41, 5.74) is 10.7. The Labute approximate surface area is 179 Å². The minimum absolute atomic E-state index is 0.0146. The van der Waals surface area contributed by atoms with Crippen molar-refractivity contribution in [2.24, 2.45) is 17.4 Å². The Hall–Kier alpha value is -3.22. The Kier molecular flexibility index (Phi) is 11.8. The lowest BCUT2D eigenvalue weighted by Crippen LogP contribution is -2.57. The van der Waals surface area contributed by atoms with Crippen molar-refractivity contribution in [3.05, 3.63) is 0 Å². The number of carbonyl (C=O) groups is 6. The molecule has 0 aromatic rings. The molecule has 13 nitrogen and oxygen atoms in total. The number of hydrogen-bond donors (Lipinski definition) is 7. The molecule has 0 aliphatic carbocycles. The molecule has 0 fully saturated rings. The summed E-state index contributed by atoms with van der Waals surface area (Å²) < 4.78 is 0. The molecule has 0 spiro atoms. The first-order valence-corrected chi connectivity index (χ1v) is 9.64. The van der Waals surface area contributed by atoms with Crippen molar-refractivity contribution >= 4 is 35.6 Å². The fourth-order valence-electron chi connectivity index (χ4n) is 2.49. The van der Waals surface area contributed by atoms with Gasteiger partial charge in [0.15, 0.2) is 0 Å². The van der Waals surface area contributed by atoms with Gasteiger partial charge in [0.2, 0.25) is 23.6 Å². The van der Waals surface area contributed by atoms with Crippen LogP contribution < -0.4 is 27.4 Å². The van der Waals surface area contributed by atoms with Crippen LogP contribution >= 0.6 is 0 Å². The molecule has 0 aliphatic rings. The highest BCUT2D eigenvalue weighted by Gasteiger charge is 2.31. The van der Waals surface area contributed by atoms with Gasteiger partial charge in [-0.25, -0.2) is 0 Å². The summed E-state index contributed by atoms with van der Waals surface area (Å²) in [6.45, 7) is 4.92. The third-order valence-electron chi connectivity index (χ3n) is 4.07. The number of carbonyl (C=O) groups excluding carboxylic acids is 4. The van der Waals surface area contributed by atoms with Gasteiger partial charge < -0.3 is 37.6 Å². The highest BCUT2D eigenvalue weighted by atomic mass is 16.4. The molecular weight excluding hydrogens is 414 g/mol. The third kappa shape index (κ3) is 11.5. The Bertz CT molecular complexity index is 694. The average molecular weight is 445 g/mol. The van der Waals surface area contributed by atoms with Gasteiger partial charge in [0.05, 0.1) is 12.5 Å². The summed E-state index contributed by atoms with van der Waals surface area (Å²) in [4.78, 5) is 70.5. The van der Waals surface area contributed by atoms with Crippen LogP contribution in [0, 0.1) is 5.92 Å². The van der Waals surface area contributed by atoms with Crippen molar-refractivity contribution in [3.63, 3.8) is 0 Å². The van der Waals surface area contributed by atoms with E-state index in [4.69, 9.17) is 21.7 Å². The van der Waals surface area contributed by atoms with Crippen molar-refractivity contribution < 1.29 is 39.0 Å². The van der Waals surface area contributed by atoms with Gasteiger partial charge in [0, 0.05) is 6.42 Å². The van der Waals surface area contributed by atoms with Crippen LogP contribution in [0.1, 0.15) is 46.5 Å². The molecule has 0 rings (SSSR count). The Morgan fingerprint density at radius 2 is 1.26 bits per heavy atom. The molecular formula is C18H31N5O8. The number of carboxylic acid groups (broad SMARTS) is 2. The number of aliphatic carboxylic acids is 2. The highest BCUT2D eigenvalue weighted by Crippen LogP contribution is 2.06. The maximum Gasteiger partial charge on any atom is 0.305 e. The van der Waals surface area contributed by atoms with Gasteiger partial charge in [-0.1, -0.05) is 13.8 Å². The number of amides is 4. The summed E-state index contributed by atoms with van der Waals surface area (Å²) in [7, 11) is 0. The molecule has 4 atom stereocenters. The number of rotatable bonds is 14. The van der Waals surface area contributed by atoms with E-state index in [9.17, 15) is 28.8 Å². The monoisotopic (exact) mass is 445 g/mol. The van der Waals surface area contributed by atoms with Crippen molar-refractivity contribution in [1.82, 2.24) is 16.0 Å². The third-order valence-corrected chi connectivity index (χ3v) is 4.07. The number of primary amides is 1. The lowest BCUT2D eigenvalue weighted by molar-refractivity contribution is -0.141. The maximum absolute atomic E-state index is 12.6. The standard InChI is InChI=1S/C18H31N5O8/c1-8(2)6-11(15(20)28)22-18(31)12(7-14(26)27)23-17(30)10(4-5-13(24)25)21-16(29)9(3)19/h8-12H,4-7,19H2,1-3H3,(H2,20,28)(H,21,29)(H,22,31)(H,23,30)(H,24,25)(H,26,27)/t9-,10-,11-,12-/m0/s1. The van der Waals surface area contributed by atoms with E-state index in [0.29, 0.717) is 0 Å². The molecule has 4 amide bonds. The van der Waals surface area contributed by atoms with E-state index in [1.165, 1.54) is 6.92 Å². The minimum atomic E-state index is -1.60. The molecule has 0 unspecified atom stereocenters. The average Bonchev–Trinajstić information content (AvgIpc) is 2.62. The van der Waals surface area contributed by atoms with E-state index >= 15 is 0 Å². The van der Waals surface area contributed by atoms with Crippen molar-refractivity contribution in [2.75, 3.05) is 0 Å². The first-order chi connectivity index (χ1) is 14.2. The minimum Gasteiger partial charge on any atom is -0.481 e. The number of nitrogens with two attached hydrogens (primary N) is 2. The zero-order valence-electron chi connectivity index (χ0n) is 17.7. The van der Waals surface area contributed by atoms with Gasteiger partial charge in [-0.2, -0.15) is 0 Å². The van der Waals surface area contributed by atoms with Gasteiger partial charge in [0.1, 0.15) is 18.1 Å². The van der Waals surface area contributed by atoms with E-state index in [-0.39, 0.29) is 18.8 Å². The summed E-state index contributed by atoms with van der Waals surface area (Å²) in [6.07, 6.45) is -1.43. The maximum atomic E-state index is 12.6. The van der Waals surface area contributed by atoms with E-state index in [1.807, 2.05) is 0 Å². The lowest BCUT2D eigenvalue weighted by atomic mass is 10.0. The summed E-state index contributed by atoms with van der Waals surface area (Å²) in [5.74, 6) is -6.17. The van der Waals surface area contributed by atoms with Crippen LogP contribution in [-0.4, -0.2) is 69.9 Å². The van der Waals surface area contributed by atoms with Crippen LogP contribution in [0.2, 0.25) is 0 Å². The topological polar surface area (TPSA) is 231 Å². The highest BCUT2D eigenvalue weighted by molar-refractivity contribution is 5.96. The van der Waals surface area contributed by atoms with Crippen LogP contribution in [-0.2, 0) is 28.8 Å². The van der Waals surface area contributed by atoms with Gasteiger partial charge >= 0.3 is 11.9 Å². The van der Waals surface area contributed by atoms with Crippen molar-refractivity contribution in [1.29, 1.82) is 0 Å². The van der Waals surface area contributed by atoms with Crippen molar-refractivity contribution in [2.45, 2.75) is 70.6 Å². The largest absolute Gasteiger partial charge is 0.481 e. The quantitative estimate of drug-likeness (QED) is 0.151. The molecule has 0 heterocycles. The second kappa shape index (κ2) is 13.2. The zero-order valence-corrected chi connectivity index (χ0v) is 17.7. The molecule has 0 saturated heterocycles. The number of carboxylic acids is 2. The first-order valence-electron chi connectivity index (χ1n) is 9.64. The predicted molar refractivity (Wildman–Crippen MR) is 107 cm³/mol. The van der Waals surface area contributed by atoms with Crippen LogP contribution in [0.5, 0.6) is 0 Å². The fourth-order valence-corrected chi connectivity index (χ4v) is 2.49. The lowest BCUT2D eigenvalue weighted by Gasteiger charge is -2.24. The normalized spacial score (nSPS) is 14.6. The van der Waals surface area contributed by atoms with Gasteiger partial charge in [0.25, 0.3) is 0 Å². The zero-order chi connectivity index (χ0) is 24.3. The Morgan fingerprint density at radius 3 is 1.68 bits per heavy atom. The molecule has 31 heavy (non-hydrogen) atoms. The van der Waals surface area contributed by atoms with Crippen LogP contribution in [0.3, 0.4) is 0 Å². The van der Waals surface area contributed by atoms with E-state index in [2.05, 4.69) is 16.0 Å². The summed E-state index contributed by atoms with van der Waals surface area (Å²) in [6, 6.07) is -5.05. The van der Waals surface area contributed by atoms with Gasteiger partial charge in [-0.15, -0.1) is 0 Å². The van der Waals surface area contributed by atoms with Crippen LogP contribution in [0.4, 0.5) is 0 Å². The van der Waals surface area contributed by atoms with Gasteiger partial charge in [-0.3, -0.25) is 28.8 Å². The molecule has 0 saturated carbocycles. The Balaban J connectivity index is 5.49. The SMILES string of the molecule is CC(C)C[C@H](NC(=O)[C@H](CC(=O)O)NC(=O)[C@H](CCC(=O)O)NC(=O)[C@H](C)N)C(N)=O. The number of nitrogens with one attached hydrogen (secondary N) is 3. The summed E-state index contributed by atoms with van der Waals surface area (Å²) in [5, 5.41) is 24.7. The van der Waals surface area contributed by atoms with Crippen LogP contribution in [0.25, 0.3) is 0 Å². The predicted octanol–water partition coefficient (Wildman–Crippen LogP) is -2.34. The van der Waals surface area contributed by atoms with Crippen molar-refractivity contribution in [3.8, 4) is 0 Å². The second-order valence-electron chi connectivity index (χ2n) is 7.53. The smallest absolute Gasteiger partial charge is 0.305 e. The Morgan fingerprint density at radius 1 is 0.774 bits per heavy atom. The number of hydrogen-bond acceptors (Lipinski definition) is 7. The molecule has 176 valence electrons. The van der Waals surface area contributed by atoms with Gasteiger partial charge in [-0.05, 0) is 25.7 Å². The van der Waals surface area contributed by atoms with E-state index < -0.39 is 72.6 Å². The molecule has 9 N–H and O–H groups in total. The first kappa shape index (κ1) is 27.8. The molecule has 13 heteroatoms. The van der Waals surface area contributed by atoms with Crippen LogP contribution in [0.15, 0.2) is 0 Å². The second-order valence-corrected chi connectivity index (χ2v) is 7.53. The van der Waals surface area contributed by atoms with E-state index in [0.717, 1.165) is 0 Å². The molecule has 0 bridgehead atoms. The van der Waals surface area contributed by atoms with E-state index in [1.54, 1.807) is 13.8 Å². The molecule has 0 radical (unpaired) electrons. The fraction of sp³-hybridized carbons (Fsp3) is 0.667. The molecule has 0 aliphatic heterocycles.